The highest BCUT2D eigenvalue weighted by Gasteiger charge is 2.45. The Balaban J connectivity index is 1.23. The highest BCUT2D eigenvalue weighted by atomic mass is 32.2. The normalized spacial score (nSPS) is 31.0. The zero-order chi connectivity index (χ0) is 20.2. The first-order chi connectivity index (χ1) is 13.9. The van der Waals surface area contributed by atoms with Crippen molar-refractivity contribution in [3.8, 4) is 5.88 Å². The number of nitrogens with zero attached hydrogens (tertiary/aromatic N) is 5. The Hall–Kier alpha value is -1.82. The van der Waals surface area contributed by atoms with Crippen LogP contribution in [0.25, 0.3) is 5.65 Å². The molecule has 5 rings (SSSR count). The van der Waals surface area contributed by atoms with Crippen LogP contribution in [0.1, 0.15) is 44.9 Å². The van der Waals surface area contributed by atoms with E-state index in [1.807, 2.05) is 19.9 Å². The second kappa shape index (κ2) is 7.15. The predicted octanol–water partition coefficient (Wildman–Crippen LogP) is 0.286. The highest BCUT2D eigenvalue weighted by molar-refractivity contribution is 7.89. The third-order valence-corrected chi connectivity index (χ3v) is 8.70. The van der Waals surface area contributed by atoms with E-state index in [-0.39, 0.29) is 18.0 Å². The first kappa shape index (κ1) is 19.2. The summed E-state index contributed by atoms with van der Waals surface area (Å²) in [4.78, 5) is 0. The molecule has 0 spiro atoms. The van der Waals surface area contributed by atoms with Crippen LogP contribution in [0, 0.1) is 5.92 Å². The molecule has 0 amide bonds. The smallest absolute Gasteiger partial charge is 0.231 e. The summed E-state index contributed by atoms with van der Waals surface area (Å²) in [5, 5.41) is 12.5. The number of hydrogen-bond acceptors (Lipinski definition) is 8. The Kier molecular flexibility index (Phi) is 4.72. The number of hydrogen-bond donors (Lipinski definition) is 2. The Morgan fingerprint density at radius 3 is 2.62 bits per heavy atom. The molecular formula is C18H27N7O3S. The fourth-order valence-electron chi connectivity index (χ4n) is 4.38. The zero-order valence-electron chi connectivity index (χ0n) is 16.7. The van der Waals surface area contributed by atoms with Crippen LogP contribution in [0.4, 0.5) is 0 Å². The van der Waals surface area contributed by atoms with E-state index < -0.39 is 15.3 Å². The monoisotopic (exact) mass is 421 g/mol. The van der Waals surface area contributed by atoms with Gasteiger partial charge in [0.05, 0.1) is 6.61 Å². The van der Waals surface area contributed by atoms with Gasteiger partial charge in [0, 0.05) is 43.1 Å². The Morgan fingerprint density at radius 2 is 1.90 bits per heavy atom. The SMILES string of the molecule is CC1NNC(C)C1S(=O)(=O)N1CCC(COc2ccc3nnc(C4CC4)n3n2)C1. The van der Waals surface area contributed by atoms with Crippen molar-refractivity contribution >= 4 is 15.7 Å². The molecule has 3 atom stereocenters. The van der Waals surface area contributed by atoms with Crippen LogP contribution in [0.15, 0.2) is 12.1 Å². The van der Waals surface area contributed by atoms with Crippen LogP contribution in [0.3, 0.4) is 0 Å². The standard InChI is InChI=1S/C18H27N7O3S/c1-11-17(12(2)20-19-11)29(26,27)24-8-7-13(9-24)10-28-16-6-5-15-21-22-18(14-3-4-14)25(15)23-16/h5-6,11-14,17,19-20H,3-4,7-10H2,1-2H3. The second-order valence-corrected chi connectivity index (χ2v) is 10.6. The van der Waals surface area contributed by atoms with Gasteiger partial charge in [-0.05, 0) is 39.2 Å². The first-order valence-corrected chi connectivity index (χ1v) is 11.8. The molecule has 2 saturated heterocycles. The molecule has 3 fully saturated rings. The Labute approximate surface area is 170 Å². The van der Waals surface area contributed by atoms with Crippen molar-refractivity contribution in [2.24, 2.45) is 5.92 Å². The van der Waals surface area contributed by atoms with Gasteiger partial charge in [-0.15, -0.1) is 15.3 Å². The molecule has 2 aliphatic heterocycles. The molecule has 2 N–H and O–H groups in total. The third-order valence-electron chi connectivity index (χ3n) is 6.15. The molecule has 3 aliphatic rings. The van der Waals surface area contributed by atoms with E-state index in [0.29, 0.717) is 31.5 Å². The van der Waals surface area contributed by atoms with Crippen LogP contribution < -0.4 is 15.6 Å². The van der Waals surface area contributed by atoms with Crippen LogP contribution in [0.2, 0.25) is 0 Å². The summed E-state index contributed by atoms with van der Waals surface area (Å²) in [6.07, 6.45) is 3.05. The molecule has 3 unspecified atom stereocenters. The summed E-state index contributed by atoms with van der Waals surface area (Å²) in [5.41, 5.74) is 6.79. The van der Waals surface area contributed by atoms with E-state index in [1.165, 1.54) is 0 Å². The summed E-state index contributed by atoms with van der Waals surface area (Å²) in [6, 6.07) is 3.41. The summed E-state index contributed by atoms with van der Waals surface area (Å²) in [6.45, 7) is 5.27. The predicted molar refractivity (Wildman–Crippen MR) is 106 cm³/mol. The van der Waals surface area contributed by atoms with E-state index >= 15 is 0 Å². The number of aromatic nitrogens is 4. The van der Waals surface area contributed by atoms with Gasteiger partial charge in [0.25, 0.3) is 0 Å². The lowest BCUT2D eigenvalue weighted by atomic mass is 10.1. The van der Waals surface area contributed by atoms with E-state index in [9.17, 15) is 8.42 Å². The molecule has 1 aliphatic carbocycles. The number of nitrogens with one attached hydrogen (secondary N) is 2. The maximum atomic E-state index is 13.1. The van der Waals surface area contributed by atoms with Gasteiger partial charge in [0.15, 0.2) is 11.5 Å². The Morgan fingerprint density at radius 1 is 1.14 bits per heavy atom. The lowest BCUT2D eigenvalue weighted by molar-refractivity contribution is 0.243. The molecule has 10 nitrogen and oxygen atoms in total. The van der Waals surface area contributed by atoms with E-state index in [0.717, 1.165) is 30.7 Å². The number of sulfonamides is 1. The molecule has 0 radical (unpaired) electrons. The fourth-order valence-corrected chi connectivity index (χ4v) is 6.67. The highest BCUT2D eigenvalue weighted by Crippen LogP contribution is 2.38. The number of ether oxygens (including phenoxy) is 1. The van der Waals surface area contributed by atoms with E-state index in [1.54, 1.807) is 14.9 Å². The van der Waals surface area contributed by atoms with Crippen molar-refractivity contribution in [1.29, 1.82) is 0 Å². The third kappa shape index (κ3) is 3.49. The molecule has 11 heteroatoms. The topological polar surface area (TPSA) is 114 Å². The van der Waals surface area contributed by atoms with Crippen molar-refractivity contribution in [3.05, 3.63) is 18.0 Å². The van der Waals surface area contributed by atoms with Gasteiger partial charge in [-0.3, -0.25) is 10.9 Å². The van der Waals surface area contributed by atoms with Crippen molar-refractivity contribution in [2.45, 2.75) is 56.4 Å². The maximum Gasteiger partial charge on any atom is 0.231 e. The number of hydrazine groups is 1. The minimum Gasteiger partial charge on any atom is -0.476 e. The first-order valence-electron chi connectivity index (χ1n) is 10.3. The average molecular weight is 422 g/mol. The number of rotatable bonds is 6. The molecule has 0 bridgehead atoms. The molecule has 1 saturated carbocycles. The van der Waals surface area contributed by atoms with Crippen molar-refractivity contribution in [2.75, 3.05) is 19.7 Å². The van der Waals surface area contributed by atoms with Gasteiger partial charge in [0.1, 0.15) is 5.25 Å². The van der Waals surface area contributed by atoms with Gasteiger partial charge in [-0.25, -0.2) is 12.7 Å². The Bertz CT molecular complexity index is 996. The van der Waals surface area contributed by atoms with Crippen LogP contribution in [-0.2, 0) is 10.0 Å². The summed E-state index contributed by atoms with van der Waals surface area (Å²) in [5.74, 6) is 2.02. The van der Waals surface area contributed by atoms with Crippen LogP contribution >= 0.6 is 0 Å². The quantitative estimate of drug-likeness (QED) is 0.684. The zero-order valence-corrected chi connectivity index (χ0v) is 17.5. The lowest BCUT2D eigenvalue weighted by Crippen LogP contribution is -2.46. The summed E-state index contributed by atoms with van der Waals surface area (Å²) >= 11 is 0. The van der Waals surface area contributed by atoms with Gasteiger partial charge in [-0.2, -0.15) is 4.52 Å². The van der Waals surface area contributed by atoms with Gasteiger partial charge in [0.2, 0.25) is 15.9 Å². The van der Waals surface area contributed by atoms with Gasteiger partial charge >= 0.3 is 0 Å². The van der Waals surface area contributed by atoms with Crippen molar-refractivity contribution < 1.29 is 13.2 Å². The largest absolute Gasteiger partial charge is 0.476 e. The van der Waals surface area contributed by atoms with E-state index in [2.05, 4.69) is 26.1 Å². The number of fused-ring (bicyclic) bond motifs is 1. The van der Waals surface area contributed by atoms with Crippen molar-refractivity contribution in [3.63, 3.8) is 0 Å². The molecular weight excluding hydrogens is 394 g/mol. The minimum absolute atomic E-state index is 0.120. The molecule has 0 aromatic carbocycles. The second-order valence-electron chi connectivity index (χ2n) is 8.47. The molecule has 2 aromatic heterocycles. The molecule has 4 heterocycles. The molecule has 29 heavy (non-hydrogen) atoms. The van der Waals surface area contributed by atoms with Crippen molar-refractivity contribution in [1.82, 2.24) is 35.0 Å². The minimum atomic E-state index is -3.37. The average Bonchev–Trinajstić information content (AvgIpc) is 3.12. The van der Waals surface area contributed by atoms with Crippen LogP contribution in [-0.4, -0.2) is 69.6 Å². The molecule has 158 valence electrons. The van der Waals surface area contributed by atoms with Gasteiger partial charge < -0.3 is 4.74 Å². The lowest BCUT2D eigenvalue weighted by Gasteiger charge is -2.25. The van der Waals surface area contributed by atoms with Crippen LogP contribution in [0.5, 0.6) is 5.88 Å². The fraction of sp³-hybridized carbons (Fsp3) is 0.722. The maximum absolute atomic E-state index is 13.1. The van der Waals surface area contributed by atoms with E-state index in [4.69, 9.17) is 4.74 Å². The summed E-state index contributed by atoms with van der Waals surface area (Å²) in [7, 11) is -3.37. The summed E-state index contributed by atoms with van der Waals surface area (Å²) < 4.78 is 35.5. The van der Waals surface area contributed by atoms with Gasteiger partial charge in [-0.1, -0.05) is 0 Å². The molecule has 2 aromatic rings.